The molecule has 0 atom stereocenters. The van der Waals surface area contributed by atoms with E-state index in [0.717, 1.165) is 5.65 Å². The van der Waals surface area contributed by atoms with E-state index in [2.05, 4.69) is 15.5 Å². The van der Waals surface area contributed by atoms with Gasteiger partial charge in [-0.2, -0.15) is 0 Å². The molecule has 7 heteroatoms. The number of amides is 1. The number of carbonyl (C=O) groups excluding carboxylic acids is 1. The summed E-state index contributed by atoms with van der Waals surface area (Å²) in [4.78, 5) is 12.2. The number of ether oxygens (including phenoxy) is 1. The van der Waals surface area contributed by atoms with Crippen molar-refractivity contribution in [2.24, 2.45) is 5.73 Å². The van der Waals surface area contributed by atoms with Crippen molar-refractivity contribution in [3.05, 3.63) is 30.2 Å². The molecule has 106 valence electrons. The number of hydrogen-bond donors (Lipinski definition) is 2. The second kappa shape index (κ2) is 5.18. The fraction of sp³-hybridized carbons (Fsp3) is 0.462. The third-order valence-electron chi connectivity index (χ3n) is 3.63. The Morgan fingerprint density at radius 1 is 1.40 bits per heavy atom. The van der Waals surface area contributed by atoms with Crippen molar-refractivity contribution in [3.8, 4) is 0 Å². The van der Waals surface area contributed by atoms with Crippen LogP contribution in [-0.4, -0.2) is 39.3 Å². The van der Waals surface area contributed by atoms with Crippen molar-refractivity contribution in [2.45, 2.75) is 24.9 Å². The first-order chi connectivity index (χ1) is 9.69. The highest BCUT2D eigenvalue weighted by atomic mass is 16.5. The fourth-order valence-electron chi connectivity index (χ4n) is 2.31. The van der Waals surface area contributed by atoms with Gasteiger partial charge in [-0.05, 0) is 25.0 Å². The second-order valence-electron chi connectivity index (χ2n) is 5.00. The van der Waals surface area contributed by atoms with E-state index in [4.69, 9.17) is 10.5 Å². The van der Waals surface area contributed by atoms with Crippen molar-refractivity contribution in [2.75, 3.05) is 13.2 Å². The summed E-state index contributed by atoms with van der Waals surface area (Å²) in [6.45, 7) is 1.36. The van der Waals surface area contributed by atoms with Crippen LogP contribution in [0, 0.1) is 0 Å². The average molecular weight is 275 g/mol. The predicted octanol–water partition coefficient (Wildman–Crippen LogP) is -0.147. The van der Waals surface area contributed by atoms with Crippen molar-refractivity contribution >= 4 is 11.6 Å². The number of rotatable bonds is 3. The largest absolute Gasteiger partial charge is 0.381 e. The monoisotopic (exact) mass is 275 g/mol. The summed E-state index contributed by atoms with van der Waals surface area (Å²) in [6.07, 6.45) is 2.95. The van der Waals surface area contributed by atoms with Crippen molar-refractivity contribution in [1.82, 2.24) is 19.9 Å². The lowest BCUT2D eigenvalue weighted by atomic mass is 9.90. The summed E-state index contributed by atoms with van der Waals surface area (Å²) >= 11 is 0. The molecule has 1 aliphatic heterocycles. The van der Waals surface area contributed by atoms with Crippen molar-refractivity contribution in [3.63, 3.8) is 0 Å². The first-order valence-corrected chi connectivity index (χ1v) is 6.63. The van der Waals surface area contributed by atoms with Crippen LogP contribution in [0.3, 0.4) is 0 Å². The van der Waals surface area contributed by atoms with Gasteiger partial charge in [-0.3, -0.25) is 9.20 Å². The minimum Gasteiger partial charge on any atom is -0.381 e. The van der Waals surface area contributed by atoms with Crippen LogP contribution >= 0.6 is 0 Å². The molecule has 3 N–H and O–H groups in total. The number of nitrogens with two attached hydrogens (primary N) is 1. The van der Waals surface area contributed by atoms with Gasteiger partial charge in [0.05, 0.1) is 12.1 Å². The van der Waals surface area contributed by atoms with Gasteiger partial charge in [0.15, 0.2) is 11.5 Å². The average Bonchev–Trinajstić information content (AvgIpc) is 2.89. The lowest BCUT2D eigenvalue weighted by molar-refractivity contribution is -0.129. The van der Waals surface area contributed by atoms with Gasteiger partial charge in [0.25, 0.3) is 0 Å². The molecule has 1 fully saturated rings. The van der Waals surface area contributed by atoms with Gasteiger partial charge in [0, 0.05) is 19.4 Å². The van der Waals surface area contributed by atoms with Gasteiger partial charge in [-0.15, -0.1) is 10.2 Å². The molecule has 0 bridgehead atoms. The van der Waals surface area contributed by atoms with E-state index < -0.39 is 5.54 Å². The number of fused-ring (bicyclic) bond motifs is 1. The van der Waals surface area contributed by atoms with Crippen LogP contribution in [0.25, 0.3) is 5.65 Å². The standard InChI is InChI=1S/C13H17N5O2/c14-13(4-7-20-8-5-13)12(19)15-9-11-17-16-10-3-1-2-6-18(10)11/h1-3,6H,4-5,7-9,14H2,(H,15,19). The summed E-state index contributed by atoms with van der Waals surface area (Å²) in [7, 11) is 0. The molecule has 1 amide bonds. The Bertz CT molecular complexity index is 618. The predicted molar refractivity (Wildman–Crippen MR) is 71.8 cm³/mol. The van der Waals surface area contributed by atoms with Gasteiger partial charge in [0.2, 0.25) is 5.91 Å². The van der Waals surface area contributed by atoms with E-state index >= 15 is 0 Å². The normalized spacial score (nSPS) is 18.1. The van der Waals surface area contributed by atoms with Gasteiger partial charge >= 0.3 is 0 Å². The first-order valence-electron chi connectivity index (χ1n) is 6.63. The first kappa shape index (κ1) is 13.0. The SMILES string of the molecule is NC1(C(=O)NCc2nnc3ccccn23)CCOCC1. The molecule has 0 spiro atoms. The highest BCUT2D eigenvalue weighted by Gasteiger charge is 2.35. The number of hydrogen-bond acceptors (Lipinski definition) is 5. The van der Waals surface area contributed by atoms with E-state index in [-0.39, 0.29) is 5.91 Å². The van der Waals surface area contributed by atoms with Crippen molar-refractivity contribution < 1.29 is 9.53 Å². The number of nitrogens with zero attached hydrogens (tertiary/aromatic N) is 3. The second-order valence-corrected chi connectivity index (χ2v) is 5.00. The molecular formula is C13H17N5O2. The van der Waals surface area contributed by atoms with Crippen molar-refractivity contribution in [1.29, 1.82) is 0 Å². The maximum absolute atomic E-state index is 12.2. The molecule has 0 aliphatic carbocycles. The number of aromatic nitrogens is 3. The third-order valence-corrected chi connectivity index (χ3v) is 3.63. The molecule has 2 aromatic rings. The molecule has 7 nitrogen and oxygen atoms in total. The smallest absolute Gasteiger partial charge is 0.240 e. The molecule has 1 aliphatic rings. The Hall–Kier alpha value is -1.99. The molecule has 0 radical (unpaired) electrons. The van der Waals surface area contributed by atoms with E-state index in [0.29, 0.717) is 38.4 Å². The minimum absolute atomic E-state index is 0.159. The van der Waals surface area contributed by atoms with E-state index in [9.17, 15) is 4.79 Å². The molecular weight excluding hydrogens is 258 g/mol. The van der Waals surface area contributed by atoms with E-state index in [1.165, 1.54) is 0 Å². The van der Waals surface area contributed by atoms with E-state index in [1.54, 1.807) is 0 Å². The molecule has 20 heavy (non-hydrogen) atoms. The molecule has 1 saturated heterocycles. The van der Waals surface area contributed by atoms with Crippen LogP contribution in [0.2, 0.25) is 0 Å². The quantitative estimate of drug-likeness (QED) is 0.812. The maximum atomic E-state index is 12.2. The summed E-state index contributed by atoms with van der Waals surface area (Å²) in [5, 5.41) is 10.9. The Kier molecular flexibility index (Phi) is 3.37. The Labute approximate surface area is 116 Å². The number of carbonyl (C=O) groups is 1. The zero-order chi connectivity index (χ0) is 14.0. The zero-order valence-corrected chi connectivity index (χ0v) is 11.1. The summed E-state index contributed by atoms with van der Waals surface area (Å²) in [6, 6.07) is 5.65. The molecule has 0 saturated carbocycles. The Morgan fingerprint density at radius 3 is 3.00 bits per heavy atom. The molecule has 0 aromatic carbocycles. The van der Waals surface area contributed by atoms with Crippen LogP contribution in [0.1, 0.15) is 18.7 Å². The van der Waals surface area contributed by atoms with Crippen LogP contribution in [0.15, 0.2) is 24.4 Å². The van der Waals surface area contributed by atoms with Gasteiger partial charge in [-0.25, -0.2) is 0 Å². The van der Waals surface area contributed by atoms with E-state index in [1.807, 2.05) is 28.8 Å². The third kappa shape index (κ3) is 2.37. The fourth-order valence-corrected chi connectivity index (χ4v) is 2.31. The summed E-state index contributed by atoms with van der Waals surface area (Å²) < 4.78 is 7.08. The highest BCUT2D eigenvalue weighted by molar-refractivity contribution is 5.86. The minimum atomic E-state index is -0.835. The zero-order valence-electron chi connectivity index (χ0n) is 11.1. The number of nitrogens with one attached hydrogen (secondary N) is 1. The van der Waals surface area contributed by atoms with Gasteiger partial charge < -0.3 is 15.8 Å². The van der Waals surface area contributed by atoms with Gasteiger partial charge in [0.1, 0.15) is 0 Å². The Balaban J connectivity index is 1.68. The van der Waals surface area contributed by atoms with Crippen LogP contribution < -0.4 is 11.1 Å². The molecule has 3 rings (SSSR count). The summed E-state index contributed by atoms with van der Waals surface area (Å²) in [5.41, 5.74) is 6.04. The van der Waals surface area contributed by atoms with Crippen LogP contribution in [-0.2, 0) is 16.1 Å². The van der Waals surface area contributed by atoms with Gasteiger partial charge in [-0.1, -0.05) is 6.07 Å². The van der Waals surface area contributed by atoms with Crippen LogP contribution in [0.4, 0.5) is 0 Å². The molecule has 2 aromatic heterocycles. The van der Waals surface area contributed by atoms with Crippen LogP contribution in [0.5, 0.6) is 0 Å². The lowest BCUT2D eigenvalue weighted by Crippen LogP contribution is -2.56. The molecule has 0 unspecified atom stereocenters. The maximum Gasteiger partial charge on any atom is 0.240 e. The summed E-state index contributed by atoms with van der Waals surface area (Å²) in [5.74, 6) is 0.526. The Morgan fingerprint density at radius 2 is 2.20 bits per heavy atom. The highest BCUT2D eigenvalue weighted by Crippen LogP contribution is 2.17. The topological polar surface area (TPSA) is 94.5 Å². The number of pyridine rings is 1. The lowest BCUT2D eigenvalue weighted by Gasteiger charge is -2.31. The molecule has 3 heterocycles.